The number of hydrogen-bond acceptors (Lipinski definition) is 0. The lowest BCUT2D eigenvalue weighted by Crippen LogP contribution is -2.00. The van der Waals surface area contributed by atoms with Crippen molar-refractivity contribution >= 4 is 10.0 Å². The predicted molar refractivity (Wildman–Crippen MR) is 43.0 cm³/mol. The first-order valence-corrected chi connectivity index (χ1v) is 6.03. The summed E-state index contributed by atoms with van der Waals surface area (Å²) in [5.74, 6) is 4.58. The fourth-order valence-electron chi connectivity index (χ4n) is 1.29. The average molecular weight is 132 g/mol. The maximum Gasteiger partial charge on any atom is -0.0230 e. The molecule has 0 atom stereocenters. The monoisotopic (exact) mass is 132 g/mol. The van der Waals surface area contributed by atoms with Gasteiger partial charge in [-0.1, -0.05) is 6.92 Å². The van der Waals surface area contributed by atoms with Crippen LogP contribution in [-0.4, -0.2) is 23.5 Å². The molecule has 1 saturated heterocycles. The van der Waals surface area contributed by atoms with E-state index in [9.17, 15) is 0 Å². The minimum atomic E-state index is -0.0417. The fourth-order valence-corrected chi connectivity index (χ4v) is 3.88. The van der Waals surface area contributed by atoms with Gasteiger partial charge in [-0.3, -0.25) is 0 Å². The average Bonchev–Trinajstić information content (AvgIpc) is 2.17. The normalized spacial score (nSPS) is 30.2. The van der Waals surface area contributed by atoms with Gasteiger partial charge in [0.15, 0.2) is 0 Å². The van der Waals surface area contributed by atoms with E-state index in [0.29, 0.717) is 0 Å². The molecule has 0 radical (unpaired) electrons. The third-order valence-corrected chi connectivity index (χ3v) is 6.16. The quantitative estimate of drug-likeness (QED) is 0.513. The van der Waals surface area contributed by atoms with E-state index in [0.717, 1.165) is 0 Å². The van der Waals surface area contributed by atoms with E-state index in [1.54, 1.807) is 11.5 Å². The lowest BCUT2D eigenvalue weighted by molar-refractivity contribution is 0.949. The fraction of sp³-hybridized carbons (Fsp3) is 1.00. The molecule has 0 aromatic rings. The Kier molecular flexibility index (Phi) is 1.86. The Morgan fingerprint density at radius 2 is 1.75 bits per heavy atom. The van der Waals surface area contributed by atoms with Crippen molar-refractivity contribution < 1.29 is 0 Å². The smallest absolute Gasteiger partial charge is 0.0230 e. The molecule has 0 spiro atoms. The molecular formula is C7H16S. The molecule has 0 aliphatic carbocycles. The molecule has 0 nitrogen and oxygen atoms in total. The largest absolute Gasteiger partial charge is 0.244 e. The minimum absolute atomic E-state index is 0.0417. The number of hydrogen-bond donors (Lipinski definition) is 0. The topological polar surface area (TPSA) is 0 Å². The second-order valence-electron chi connectivity index (χ2n) is 2.88. The van der Waals surface area contributed by atoms with E-state index in [4.69, 9.17) is 0 Å². The van der Waals surface area contributed by atoms with Crippen molar-refractivity contribution in [2.24, 2.45) is 0 Å². The van der Waals surface area contributed by atoms with Crippen LogP contribution in [0.4, 0.5) is 0 Å². The molecule has 0 bridgehead atoms. The van der Waals surface area contributed by atoms with Crippen molar-refractivity contribution in [1.82, 2.24) is 0 Å². The minimum Gasteiger partial charge on any atom is -0.244 e. The summed E-state index contributed by atoms with van der Waals surface area (Å²) in [5.41, 5.74) is 0. The Morgan fingerprint density at radius 1 is 1.25 bits per heavy atom. The molecule has 0 unspecified atom stereocenters. The summed E-state index contributed by atoms with van der Waals surface area (Å²) in [7, 11) is -0.0417. The molecule has 1 heterocycles. The van der Waals surface area contributed by atoms with Gasteiger partial charge in [0.2, 0.25) is 0 Å². The third kappa shape index (κ3) is 1.19. The Morgan fingerprint density at radius 3 is 2.00 bits per heavy atom. The van der Waals surface area contributed by atoms with Crippen molar-refractivity contribution in [3.8, 4) is 0 Å². The Balaban J connectivity index is 2.40. The Labute approximate surface area is 54.0 Å². The zero-order valence-electron chi connectivity index (χ0n) is 5.94. The summed E-state index contributed by atoms with van der Waals surface area (Å²) in [6.07, 6.45) is 5.53. The second kappa shape index (κ2) is 2.30. The first-order chi connectivity index (χ1) is 3.77. The van der Waals surface area contributed by atoms with Crippen molar-refractivity contribution in [2.45, 2.75) is 19.8 Å². The SMILES string of the molecule is CCS1(C)CCCC1. The van der Waals surface area contributed by atoms with Gasteiger partial charge in [-0.25, -0.2) is 10.0 Å². The standard InChI is InChI=1S/C7H16S/c1-3-8(2)6-4-5-7-8/h3-7H2,1-2H3. The highest BCUT2D eigenvalue weighted by atomic mass is 32.3. The van der Waals surface area contributed by atoms with E-state index < -0.39 is 0 Å². The molecule has 0 aromatic heterocycles. The summed E-state index contributed by atoms with van der Waals surface area (Å²) < 4.78 is 0. The van der Waals surface area contributed by atoms with Gasteiger partial charge in [0.05, 0.1) is 0 Å². The second-order valence-corrected chi connectivity index (χ2v) is 7.23. The molecule has 1 aliphatic heterocycles. The molecule has 0 amide bonds. The third-order valence-electron chi connectivity index (χ3n) is 2.22. The van der Waals surface area contributed by atoms with E-state index in [1.807, 2.05) is 0 Å². The van der Waals surface area contributed by atoms with E-state index in [-0.39, 0.29) is 10.0 Å². The van der Waals surface area contributed by atoms with Crippen LogP contribution in [0.25, 0.3) is 0 Å². The molecule has 1 rings (SSSR count). The Hall–Kier alpha value is 0.350. The van der Waals surface area contributed by atoms with Gasteiger partial charge in [0, 0.05) is 0 Å². The van der Waals surface area contributed by atoms with Gasteiger partial charge in [0.1, 0.15) is 0 Å². The van der Waals surface area contributed by atoms with Crippen LogP contribution in [0, 0.1) is 0 Å². The van der Waals surface area contributed by atoms with Gasteiger partial charge in [-0.2, -0.15) is 0 Å². The van der Waals surface area contributed by atoms with E-state index in [1.165, 1.54) is 18.6 Å². The summed E-state index contributed by atoms with van der Waals surface area (Å²) in [6.45, 7) is 2.35. The molecule has 1 fully saturated rings. The molecule has 1 aliphatic rings. The van der Waals surface area contributed by atoms with Crippen LogP contribution in [0.15, 0.2) is 0 Å². The van der Waals surface area contributed by atoms with E-state index in [2.05, 4.69) is 13.2 Å². The Bertz CT molecular complexity index is 72.5. The van der Waals surface area contributed by atoms with Gasteiger partial charge in [-0.15, -0.1) is 0 Å². The lowest BCUT2D eigenvalue weighted by atomic mass is 10.4. The predicted octanol–water partition coefficient (Wildman–Crippen LogP) is 2.23. The molecular weight excluding hydrogens is 116 g/mol. The van der Waals surface area contributed by atoms with Crippen LogP contribution >= 0.6 is 10.0 Å². The summed E-state index contributed by atoms with van der Waals surface area (Å²) in [4.78, 5) is 0. The highest BCUT2D eigenvalue weighted by molar-refractivity contribution is 8.33. The lowest BCUT2D eigenvalue weighted by Gasteiger charge is -2.27. The molecule has 0 saturated carbocycles. The molecule has 50 valence electrons. The van der Waals surface area contributed by atoms with Gasteiger partial charge in [-0.05, 0) is 36.4 Å². The van der Waals surface area contributed by atoms with Gasteiger partial charge < -0.3 is 0 Å². The summed E-state index contributed by atoms with van der Waals surface area (Å²) in [6, 6.07) is 0. The van der Waals surface area contributed by atoms with Gasteiger partial charge >= 0.3 is 0 Å². The summed E-state index contributed by atoms with van der Waals surface area (Å²) >= 11 is 0. The van der Waals surface area contributed by atoms with Crippen LogP contribution in [-0.2, 0) is 0 Å². The summed E-state index contributed by atoms with van der Waals surface area (Å²) in [5, 5.41) is 0. The van der Waals surface area contributed by atoms with Crippen molar-refractivity contribution in [2.75, 3.05) is 23.5 Å². The van der Waals surface area contributed by atoms with E-state index >= 15 is 0 Å². The zero-order chi connectivity index (χ0) is 6.04. The maximum absolute atomic E-state index is 2.50. The van der Waals surface area contributed by atoms with Crippen LogP contribution in [0.3, 0.4) is 0 Å². The van der Waals surface area contributed by atoms with Gasteiger partial charge in [0.25, 0.3) is 0 Å². The molecule has 1 heteroatoms. The maximum atomic E-state index is 2.50. The highest BCUT2D eigenvalue weighted by Gasteiger charge is 2.20. The highest BCUT2D eigenvalue weighted by Crippen LogP contribution is 2.49. The molecule has 0 aromatic carbocycles. The zero-order valence-corrected chi connectivity index (χ0v) is 6.76. The van der Waals surface area contributed by atoms with Crippen LogP contribution < -0.4 is 0 Å². The van der Waals surface area contributed by atoms with Crippen LogP contribution in [0.1, 0.15) is 19.8 Å². The van der Waals surface area contributed by atoms with Crippen molar-refractivity contribution in [1.29, 1.82) is 0 Å². The number of rotatable bonds is 1. The van der Waals surface area contributed by atoms with Crippen LogP contribution in [0.5, 0.6) is 0 Å². The van der Waals surface area contributed by atoms with Crippen molar-refractivity contribution in [3.05, 3.63) is 0 Å². The molecule has 0 N–H and O–H groups in total. The first kappa shape index (κ1) is 6.47. The molecule has 8 heavy (non-hydrogen) atoms. The van der Waals surface area contributed by atoms with Crippen molar-refractivity contribution in [3.63, 3.8) is 0 Å². The first-order valence-electron chi connectivity index (χ1n) is 3.48. The van der Waals surface area contributed by atoms with Crippen LogP contribution in [0.2, 0.25) is 0 Å².